The maximum atomic E-state index is 13.9. The van der Waals surface area contributed by atoms with Gasteiger partial charge >= 0.3 is 0 Å². The van der Waals surface area contributed by atoms with Crippen molar-refractivity contribution in [3.63, 3.8) is 0 Å². The monoisotopic (exact) mass is 496 g/mol. The predicted molar refractivity (Wildman–Crippen MR) is 139 cm³/mol. The molecule has 1 aliphatic heterocycles. The van der Waals surface area contributed by atoms with E-state index in [1.165, 1.54) is 11.1 Å². The van der Waals surface area contributed by atoms with E-state index >= 15 is 0 Å². The van der Waals surface area contributed by atoms with Gasteiger partial charge in [0.1, 0.15) is 11.9 Å². The van der Waals surface area contributed by atoms with Crippen LogP contribution in [0.15, 0.2) is 59.7 Å². The van der Waals surface area contributed by atoms with Gasteiger partial charge in [-0.15, -0.1) is 0 Å². The number of nitrogens with two attached hydrogens (primary N) is 1. The zero-order valence-corrected chi connectivity index (χ0v) is 20.7. The third kappa shape index (κ3) is 5.64. The van der Waals surface area contributed by atoms with E-state index < -0.39 is 5.92 Å². The summed E-state index contributed by atoms with van der Waals surface area (Å²) >= 11 is 0. The predicted octanol–water partition coefficient (Wildman–Crippen LogP) is 6.97. The molecule has 6 heteroatoms. The molecule has 1 fully saturated rings. The van der Waals surface area contributed by atoms with Crippen molar-refractivity contribution in [2.45, 2.75) is 63.4 Å². The molecule has 0 saturated carbocycles. The molecule has 0 amide bonds. The molecule has 5 rings (SSSR count). The van der Waals surface area contributed by atoms with Crippen molar-refractivity contribution in [3.05, 3.63) is 76.4 Å². The Morgan fingerprint density at radius 3 is 2.64 bits per heavy atom. The minimum absolute atomic E-state index is 0.0965. The van der Waals surface area contributed by atoms with Crippen LogP contribution < -0.4 is 10.5 Å². The SMILES string of the molecule is Nc1ccc2c(c1)CCCC(C1=CCC(F)(F)CC1)=C2c1ccc(O[C@H]2CCN(CCCF)C2)cc1. The fourth-order valence-corrected chi connectivity index (χ4v) is 5.80. The van der Waals surface area contributed by atoms with Crippen LogP contribution in [0.4, 0.5) is 18.9 Å². The van der Waals surface area contributed by atoms with Gasteiger partial charge in [0.05, 0.1) is 6.67 Å². The van der Waals surface area contributed by atoms with Gasteiger partial charge in [-0.25, -0.2) is 8.78 Å². The van der Waals surface area contributed by atoms with Crippen LogP contribution in [0.2, 0.25) is 0 Å². The van der Waals surface area contributed by atoms with Gasteiger partial charge in [0, 0.05) is 38.2 Å². The Morgan fingerprint density at radius 2 is 1.89 bits per heavy atom. The van der Waals surface area contributed by atoms with E-state index in [0.717, 1.165) is 79.0 Å². The molecule has 0 bridgehead atoms. The fraction of sp³-hybridized carbons (Fsp3) is 0.467. The zero-order chi connectivity index (χ0) is 25.1. The van der Waals surface area contributed by atoms with Crippen molar-refractivity contribution in [2.75, 3.05) is 32.0 Å². The van der Waals surface area contributed by atoms with E-state index in [4.69, 9.17) is 10.5 Å². The number of fused-ring (bicyclic) bond motifs is 1. The highest BCUT2D eigenvalue weighted by atomic mass is 19.3. The number of alkyl halides is 3. The van der Waals surface area contributed by atoms with E-state index in [0.29, 0.717) is 12.8 Å². The number of benzene rings is 2. The standard InChI is InChI=1S/C30H35F3N2O/c31-16-2-17-35-18-13-26(20-35)36-25-8-5-22(6-9-25)29-27(21-11-14-30(32,33)15-12-21)4-1-3-23-19-24(34)7-10-28(23)29/h5-11,19,26H,1-4,12-18,20,34H2/t26-/m0/s1. The third-order valence-electron chi connectivity index (χ3n) is 7.65. The van der Waals surface area contributed by atoms with Gasteiger partial charge in [-0.2, -0.15) is 0 Å². The molecule has 3 nitrogen and oxygen atoms in total. The molecule has 36 heavy (non-hydrogen) atoms. The van der Waals surface area contributed by atoms with Gasteiger partial charge in [-0.05, 0) is 96.2 Å². The highest BCUT2D eigenvalue weighted by molar-refractivity contribution is 5.87. The van der Waals surface area contributed by atoms with Crippen molar-refractivity contribution in [2.24, 2.45) is 0 Å². The second-order valence-electron chi connectivity index (χ2n) is 10.3. The number of nitrogen functional groups attached to an aromatic ring is 1. The van der Waals surface area contributed by atoms with Gasteiger partial charge in [0.2, 0.25) is 0 Å². The van der Waals surface area contributed by atoms with Crippen LogP contribution in [0, 0.1) is 0 Å². The van der Waals surface area contributed by atoms with Gasteiger partial charge in [-0.3, -0.25) is 9.29 Å². The summed E-state index contributed by atoms with van der Waals surface area (Å²) in [6.07, 6.45) is 6.23. The topological polar surface area (TPSA) is 38.5 Å². The summed E-state index contributed by atoms with van der Waals surface area (Å²) in [7, 11) is 0. The Kier molecular flexibility index (Phi) is 7.42. The number of likely N-dealkylation sites (tertiary alicyclic amines) is 1. The molecule has 1 saturated heterocycles. The average molecular weight is 497 g/mol. The van der Waals surface area contributed by atoms with Crippen LogP contribution in [0.3, 0.4) is 0 Å². The summed E-state index contributed by atoms with van der Waals surface area (Å²) in [5, 5.41) is 0. The first-order valence-electron chi connectivity index (χ1n) is 13.2. The molecular formula is C30H35F3N2O. The summed E-state index contributed by atoms with van der Waals surface area (Å²) in [6, 6.07) is 14.3. The normalized spacial score (nSPS) is 22.2. The number of aryl methyl sites for hydroxylation is 1. The minimum Gasteiger partial charge on any atom is -0.489 e. The fourth-order valence-electron chi connectivity index (χ4n) is 5.80. The van der Waals surface area contributed by atoms with Crippen molar-refractivity contribution in [3.8, 4) is 5.75 Å². The molecule has 2 N–H and O–H groups in total. The Balaban J connectivity index is 1.44. The van der Waals surface area contributed by atoms with Crippen LogP contribution in [-0.4, -0.2) is 43.2 Å². The number of anilines is 1. The van der Waals surface area contributed by atoms with Crippen molar-refractivity contribution in [1.29, 1.82) is 0 Å². The average Bonchev–Trinajstić information content (AvgIpc) is 3.22. The summed E-state index contributed by atoms with van der Waals surface area (Å²) in [5.74, 6) is -1.79. The van der Waals surface area contributed by atoms with Crippen molar-refractivity contribution >= 4 is 11.3 Å². The Bertz CT molecular complexity index is 1140. The number of nitrogens with zero attached hydrogens (tertiary/aromatic N) is 1. The summed E-state index contributed by atoms with van der Waals surface area (Å²) in [6.45, 7) is 2.26. The van der Waals surface area contributed by atoms with Crippen LogP contribution in [-0.2, 0) is 6.42 Å². The quantitative estimate of drug-likeness (QED) is 0.421. The maximum absolute atomic E-state index is 13.9. The van der Waals surface area contributed by atoms with Gasteiger partial charge in [0.25, 0.3) is 5.92 Å². The molecule has 1 atom stereocenters. The second-order valence-corrected chi connectivity index (χ2v) is 10.3. The molecule has 0 aromatic heterocycles. The number of rotatable bonds is 7. The lowest BCUT2D eigenvalue weighted by Gasteiger charge is -2.25. The largest absolute Gasteiger partial charge is 0.489 e. The first kappa shape index (κ1) is 24.9. The van der Waals surface area contributed by atoms with E-state index in [2.05, 4.69) is 23.1 Å². The van der Waals surface area contributed by atoms with Gasteiger partial charge in [0.15, 0.2) is 0 Å². The van der Waals surface area contributed by atoms with Crippen LogP contribution in [0.25, 0.3) is 5.57 Å². The lowest BCUT2D eigenvalue weighted by atomic mass is 9.83. The van der Waals surface area contributed by atoms with Crippen LogP contribution in [0.5, 0.6) is 5.75 Å². The molecule has 2 aromatic carbocycles. The molecule has 2 aliphatic carbocycles. The summed E-state index contributed by atoms with van der Waals surface area (Å²) in [5.41, 5.74) is 13.6. The molecule has 192 valence electrons. The van der Waals surface area contributed by atoms with E-state index in [-0.39, 0.29) is 25.6 Å². The Morgan fingerprint density at radius 1 is 1.06 bits per heavy atom. The molecule has 1 heterocycles. The Hall–Kier alpha value is -2.73. The summed E-state index contributed by atoms with van der Waals surface area (Å²) in [4.78, 5) is 2.26. The molecule has 0 radical (unpaired) electrons. The van der Waals surface area contributed by atoms with E-state index in [9.17, 15) is 13.2 Å². The first-order chi connectivity index (χ1) is 17.4. The van der Waals surface area contributed by atoms with Crippen molar-refractivity contribution in [1.82, 2.24) is 4.90 Å². The van der Waals surface area contributed by atoms with Gasteiger partial charge in [-0.1, -0.05) is 24.3 Å². The third-order valence-corrected chi connectivity index (χ3v) is 7.65. The molecular weight excluding hydrogens is 461 g/mol. The summed E-state index contributed by atoms with van der Waals surface area (Å²) < 4.78 is 46.6. The molecule has 2 aromatic rings. The number of halogens is 3. The molecule has 0 unspecified atom stereocenters. The highest BCUT2D eigenvalue weighted by Crippen LogP contribution is 2.43. The number of allylic oxidation sites excluding steroid dienone is 3. The number of hydrogen-bond acceptors (Lipinski definition) is 3. The van der Waals surface area contributed by atoms with Gasteiger partial charge < -0.3 is 10.5 Å². The van der Waals surface area contributed by atoms with Crippen molar-refractivity contribution < 1.29 is 17.9 Å². The second kappa shape index (κ2) is 10.7. The van der Waals surface area contributed by atoms with Crippen LogP contribution in [0.1, 0.15) is 61.6 Å². The maximum Gasteiger partial charge on any atom is 0.251 e. The first-order valence-corrected chi connectivity index (χ1v) is 13.2. The lowest BCUT2D eigenvalue weighted by molar-refractivity contribution is -0.00837. The van der Waals surface area contributed by atoms with E-state index in [1.807, 2.05) is 24.3 Å². The molecule has 0 spiro atoms. The zero-order valence-electron chi connectivity index (χ0n) is 20.7. The van der Waals surface area contributed by atoms with E-state index in [1.54, 1.807) is 6.08 Å². The lowest BCUT2D eigenvalue weighted by Crippen LogP contribution is -2.26. The van der Waals surface area contributed by atoms with Crippen LogP contribution >= 0.6 is 0 Å². The number of ether oxygens (including phenoxy) is 1. The molecule has 3 aliphatic rings. The highest BCUT2D eigenvalue weighted by Gasteiger charge is 2.33. The minimum atomic E-state index is -2.61. The smallest absolute Gasteiger partial charge is 0.251 e. The number of hydrogen-bond donors (Lipinski definition) is 1. The Labute approximate surface area is 211 Å².